The minimum atomic E-state index is -5.31. The molecular formula is C9H14F3NO4S. The number of nitrogens with one attached hydrogen (secondary N) is 1. The van der Waals surface area contributed by atoms with Gasteiger partial charge in [-0.1, -0.05) is 0 Å². The van der Waals surface area contributed by atoms with Crippen LogP contribution in [-0.2, 0) is 19.6 Å². The van der Waals surface area contributed by atoms with Crippen molar-refractivity contribution in [3.05, 3.63) is 0 Å². The second-order valence-corrected chi connectivity index (χ2v) is 5.84. The van der Waals surface area contributed by atoms with Crippen LogP contribution in [0.15, 0.2) is 0 Å². The van der Waals surface area contributed by atoms with Crippen molar-refractivity contribution in [1.29, 1.82) is 0 Å². The third-order valence-electron chi connectivity index (χ3n) is 2.89. The van der Waals surface area contributed by atoms with Crippen LogP contribution in [0.4, 0.5) is 13.2 Å². The van der Waals surface area contributed by atoms with Crippen LogP contribution in [0.3, 0.4) is 0 Å². The van der Waals surface area contributed by atoms with Crippen LogP contribution in [-0.4, -0.2) is 33.0 Å². The van der Waals surface area contributed by atoms with Gasteiger partial charge in [-0.25, -0.2) is 13.1 Å². The SMILES string of the molecule is COC(=O)C1CCC(NS(=O)(=O)C(F)(F)F)CC1. The Labute approximate surface area is 103 Å². The van der Waals surface area contributed by atoms with Gasteiger partial charge < -0.3 is 4.74 Å². The molecule has 0 unspecified atom stereocenters. The van der Waals surface area contributed by atoms with Crippen molar-refractivity contribution in [2.24, 2.45) is 5.92 Å². The number of hydrogen-bond donors (Lipinski definition) is 1. The number of ether oxygens (including phenoxy) is 1. The second-order valence-electron chi connectivity index (χ2n) is 4.14. The largest absolute Gasteiger partial charge is 0.511 e. The summed E-state index contributed by atoms with van der Waals surface area (Å²) >= 11 is 0. The highest BCUT2D eigenvalue weighted by atomic mass is 32.2. The van der Waals surface area contributed by atoms with E-state index < -0.39 is 27.5 Å². The molecule has 0 aliphatic heterocycles. The van der Waals surface area contributed by atoms with E-state index in [1.807, 2.05) is 0 Å². The molecule has 1 aliphatic rings. The van der Waals surface area contributed by atoms with Crippen LogP contribution >= 0.6 is 0 Å². The molecule has 1 rings (SSSR count). The maximum absolute atomic E-state index is 12.1. The molecule has 0 bridgehead atoms. The van der Waals surface area contributed by atoms with Gasteiger partial charge in [-0.2, -0.15) is 13.2 Å². The Bertz CT molecular complexity index is 399. The predicted octanol–water partition coefficient (Wildman–Crippen LogP) is 1.16. The Morgan fingerprint density at radius 3 is 2.11 bits per heavy atom. The average Bonchev–Trinajstić information content (AvgIpc) is 2.27. The molecule has 1 N–H and O–H groups in total. The van der Waals surface area contributed by atoms with Gasteiger partial charge >= 0.3 is 21.5 Å². The van der Waals surface area contributed by atoms with Crippen molar-refractivity contribution in [3.63, 3.8) is 0 Å². The normalized spacial score (nSPS) is 25.8. The van der Waals surface area contributed by atoms with E-state index in [0.717, 1.165) is 0 Å². The van der Waals surface area contributed by atoms with Gasteiger partial charge in [-0.05, 0) is 25.7 Å². The van der Waals surface area contributed by atoms with Gasteiger partial charge in [0.15, 0.2) is 0 Å². The zero-order valence-electron chi connectivity index (χ0n) is 9.66. The van der Waals surface area contributed by atoms with E-state index in [0.29, 0.717) is 12.8 Å². The third kappa shape index (κ3) is 3.58. The number of alkyl halides is 3. The van der Waals surface area contributed by atoms with Gasteiger partial charge in [0.2, 0.25) is 0 Å². The number of rotatable bonds is 3. The molecule has 0 radical (unpaired) electrons. The molecule has 0 aromatic heterocycles. The lowest BCUT2D eigenvalue weighted by molar-refractivity contribution is -0.146. The first-order valence-electron chi connectivity index (χ1n) is 5.34. The second kappa shape index (κ2) is 5.43. The number of carbonyl (C=O) groups is 1. The number of methoxy groups -OCH3 is 1. The third-order valence-corrected chi connectivity index (χ3v) is 4.14. The number of sulfonamides is 1. The summed E-state index contributed by atoms with van der Waals surface area (Å²) in [6.07, 6.45) is 1.01. The standard InChI is InChI=1S/C9H14F3NO4S/c1-17-8(14)6-2-4-7(5-3-6)13-18(15,16)9(10,11)12/h6-7,13H,2-5H2,1H3. The fourth-order valence-electron chi connectivity index (χ4n) is 1.90. The fourth-order valence-corrected chi connectivity index (χ4v) is 2.71. The molecule has 106 valence electrons. The van der Waals surface area contributed by atoms with Gasteiger partial charge in [0.1, 0.15) is 0 Å². The van der Waals surface area contributed by atoms with Crippen LogP contribution in [0.2, 0.25) is 0 Å². The summed E-state index contributed by atoms with van der Waals surface area (Å²) in [6.45, 7) is 0. The molecule has 0 amide bonds. The Balaban J connectivity index is 2.53. The first kappa shape index (κ1) is 15.2. The minimum Gasteiger partial charge on any atom is -0.469 e. The quantitative estimate of drug-likeness (QED) is 0.791. The maximum atomic E-state index is 12.1. The first-order valence-corrected chi connectivity index (χ1v) is 6.82. The zero-order chi connectivity index (χ0) is 14.0. The van der Waals surface area contributed by atoms with Crippen molar-refractivity contribution >= 4 is 16.0 Å². The molecule has 0 atom stereocenters. The summed E-state index contributed by atoms with van der Waals surface area (Å²) in [5.41, 5.74) is -5.30. The highest BCUT2D eigenvalue weighted by molar-refractivity contribution is 7.90. The van der Waals surface area contributed by atoms with Gasteiger partial charge in [0.25, 0.3) is 0 Å². The predicted molar refractivity (Wildman–Crippen MR) is 55.9 cm³/mol. The number of halogens is 3. The lowest BCUT2D eigenvalue weighted by Crippen LogP contribution is -2.44. The number of carbonyl (C=O) groups excluding carboxylic acids is 1. The lowest BCUT2D eigenvalue weighted by Gasteiger charge is -2.27. The number of esters is 1. The summed E-state index contributed by atoms with van der Waals surface area (Å²) in [6, 6.07) is -0.780. The highest BCUT2D eigenvalue weighted by Crippen LogP contribution is 2.28. The monoisotopic (exact) mass is 289 g/mol. The van der Waals surface area contributed by atoms with E-state index in [4.69, 9.17) is 0 Å². The van der Waals surface area contributed by atoms with E-state index in [9.17, 15) is 26.4 Å². The zero-order valence-corrected chi connectivity index (χ0v) is 10.5. The van der Waals surface area contributed by atoms with E-state index in [1.165, 1.54) is 7.11 Å². The summed E-state index contributed by atoms with van der Waals surface area (Å²) in [5.74, 6) is -0.770. The molecule has 0 aromatic carbocycles. The van der Waals surface area contributed by atoms with Crippen LogP contribution in [0.1, 0.15) is 25.7 Å². The van der Waals surface area contributed by atoms with Crippen LogP contribution in [0.5, 0.6) is 0 Å². The molecule has 9 heteroatoms. The van der Waals surface area contributed by atoms with Crippen LogP contribution in [0, 0.1) is 5.92 Å². The molecule has 1 aliphatic carbocycles. The highest BCUT2D eigenvalue weighted by Gasteiger charge is 2.47. The number of hydrogen-bond acceptors (Lipinski definition) is 4. The van der Waals surface area contributed by atoms with E-state index in [2.05, 4.69) is 4.74 Å². The molecular weight excluding hydrogens is 275 g/mol. The Hall–Kier alpha value is -0.830. The van der Waals surface area contributed by atoms with Crippen molar-refractivity contribution < 1.29 is 31.1 Å². The van der Waals surface area contributed by atoms with E-state index >= 15 is 0 Å². The topological polar surface area (TPSA) is 72.5 Å². The van der Waals surface area contributed by atoms with Gasteiger partial charge in [0.05, 0.1) is 13.0 Å². The van der Waals surface area contributed by atoms with Crippen molar-refractivity contribution in [2.75, 3.05) is 7.11 Å². The lowest BCUT2D eigenvalue weighted by atomic mass is 9.86. The molecule has 1 saturated carbocycles. The van der Waals surface area contributed by atoms with Gasteiger partial charge in [-0.3, -0.25) is 4.79 Å². The summed E-state index contributed by atoms with van der Waals surface area (Å²) < 4.78 is 64.2. The van der Waals surface area contributed by atoms with Crippen LogP contribution < -0.4 is 4.72 Å². The van der Waals surface area contributed by atoms with E-state index in [-0.39, 0.29) is 18.8 Å². The van der Waals surface area contributed by atoms with Crippen LogP contribution in [0.25, 0.3) is 0 Å². The summed E-state index contributed by atoms with van der Waals surface area (Å²) in [4.78, 5) is 11.2. The van der Waals surface area contributed by atoms with E-state index in [1.54, 1.807) is 4.72 Å². The van der Waals surface area contributed by atoms with Crippen molar-refractivity contribution in [1.82, 2.24) is 4.72 Å². The molecule has 5 nitrogen and oxygen atoms in total. The van der Waals surface area contributed by atoms with Crippen molar-refractivity contribution in [3.8, 4) is 0 Å². The Morgan fingerprint density at radius 1 is 1.22 bits per heavy atom. The van der Waals surface area contributed by atoms with Gasteiger partial charge in [0, 0.05) is 6.04 Å². The Kier molecular flexibility index (Phi) is 4.60. The maximum Gasteiger partial charge on any atom is 0.511 e. The molecule has 0 spiro atoms. The molecule has 0 heterocycles. The molecule has 18 heavy (non-hydrogen) atoms. The van der Waals surface area contributed by atoms with Crippen molar-refractivity contribution in [2.45, 2.75) is 37.2 Å². The Morgan fingerprint density at radius 2 is 1.72 bits per heavy atom. The summed E-state index contributed by atoms with van der Waals surface area (Å²) in [5, 5.41) is 0. The molecule has 0 aromatic rings. The fraction of sp³-hybridized carbons (Fsp3) is 0.889. The van der Waals surface area contributed by atoms with Gasteiger partial charge in [-0.15, -0.1) is 0 Å². The minimum absolute atomic E-state index is 0.190. The molecule has 1 fully saturated rings. The summed E-state index contributed by atoms with van der Waals surface area (Å²) in [7, 11) is -4.07. The average molecular weight is 289 g/mol. The first-order chi connectivity index (χ1) is 8.17. The molecule has 0 saturated heterocycles. The smallest absolute Gasteiger partial charge is 0.469 e.